The van der Waals surface area contributed by atoms with Crippen molar-refractivity contribution >= 4 is 27.3 Å². The molecule has 0 aliphatic rings. The van der Waals surface area contributed by atoms with Crippen molar-refractivity contribution in [2.45, 2.75) is 6.42 Å². The highest BCUT2D eigenvalue weighted by molar-refractivity contribution is 7.89. The lowest BCUT2D eigenvalue weighted by Crippen LogP contribution is -2.26. The Labute approximate surface area is 132 Å². The van der Waals surface area contributed by atoms with Crippen LogP contribution < -0.4 is 10.5 Å². The number of halogens is 1. The third-order valence-corrected chi connectivity index (χ3v) is 4.84. The van der Waals surface area contributed by atoms with E-state index >= 15 is 0 Å². The summed E-state index contributed by atoms with van der Waals surface area (Å²) in [6, 6.07) is 9.64. The second-order valence-corrected chi connectivity index (χ2v) is 7.44. The number of carbonyl (C=O) groups is 1. The van der Waals surface area contributed by atoms with Gasteiger partial charge in [-0.05, 0) is 24.6 Å². The van der Waals surface area contributed by atoms with Crippen molar-refractivity contribution in [1.82, 2.24) is 5.32 Å². The Morgan fingerprint density at radius 3 is 2.64 bits per heavy atom. The van der Waals surface area contributed by atoms with Gasteiger partial charge in [-0.25, -0.2) is 17.9 Å². The van der Waals surface area contributed by atoms with Crippen LogP contribution >= 0.6 is 11.3 Å². The summed E-state index contributed by atoms with van der Waals surface area (Å²) in [6.45, 7) is 0.211. The van der Waals surface area contributed by atoms with Crippen LogP contribution in [0.3, 0.4) is 0 Å². The molecule has 8 heteroatoms. The minimum atomic E-state index is -3.51. The summed E-state index contributed by atoms with van der Waals surface area (Å²) in [5.41, 5.74) is 0.445. The zero-order valence-electron chi connectivity index (χ0n) is 11.6. The number of amides is 1. The van der Waals surface area contributed by atoms with Crippen molar-refractivity contribution < 1.29 is 17.6 Å². The largest absolute Gasteiger partial charge is 0.351 e. The van der Waals surface area contributed by atoms with Gasteiger partial charge in [0, 0.05) is 17.0 Å². The van der Waals surface area contributed by atoms with Crippen LogP contribution in [0.25, 0.3) is 10.4 Å². The third kappa shape index (κ3) is 4.62. The van der Waals surface area contributed by atoms with Gasteiger partial charge in [-0.3, -0.25) is 4.79 Å². The van der Waals surface area contributed by atoms with Gasteiger partial charge in [0.15, 0.2) is 0 Å². The average molecular weight is 342 g/mol. The molecule has 0 radical (unpaired) electrons. The predicted molar refractivity (Wildman–Crippen MR) is 84.6 cm³/mol. The second kappa shape index (κ2) is 6.99. The molecule has 3 N–H and O–H groups in total. The summed E-state index contributed by atoms with van der Waals surface area (Å²) in [5.74, 6) is -0.843. The summed E-state index contributed by atoms with van der Waals surface area (Å²) >= 11 is 1.18. The minimum absolute atomic E-state index is 0.182. The predicted octanol–water partition coefficient (Wildman–Crippen LogP) is 1.96. The summed E-state index contributed by atoms with van der Waals surface area (Å²) in [5, 5.41) is 7.48. The molecule has 1 heterocycles. The molecule has 0 spiro atoms. The number of rotatable bonds is 6. The molecule has 0 aliphatic heterocycles. The van der Waals surface area contributed by atoms with Crippen LogP contribution in [0.5, 0.6) is 0 Å². The monoisotopic (exact) mass is 342 g/mol. The Balaban J connectivity index is 1.97. The molecule has 0 saturated carbocycles. The first kappa shape index (κ1) is 16.6. The van der Waals surface area contributed by atoms with E-state index in [0.717, 1.165) is 0 Å². The molecule has 22 heavy (non-hydrogen) atoms. The van der Waals surface area contributed by atoms with Crippen LogP contribution in [0.2, 0.25) is 0 Å². The number of hydrogen-bond donors (Lipinski definition) is 2. The van der Waals surface area contributed by atoms with Gasteiger partial charge < -0.3 is 5.32 Å². The fourth-order valence-corrected chi connectivity index (χ4v) is 3.32. The normalized spacial score (nSPS) is 11.4. The summed E-state index contributed by atoms with van der Waals surface area (Å²) < 4.78 is 35.2. The molecule has 0 atom stereocenters. The van der Waals surface area contributed by atoms with Gasteiger partial charge in [0.05, 0.1) is 10.6 Å². The van der Waals surface area contributed by atoms with Crippen LogP contribution in [-0.2, 0) is 10.0 Å². The maximum absolute atomic E-state index is 13.7. The zero-order valence-corrected chi connectivity index (χ0v) is 13.2. The molecule has 0 bridgehead atoms. The average Bonchev–Trinajstić information content (AvgIpc) is 2.92. The first-order chi connectivity index (χ1) is 10.4. The lowest BCUT2D eigenvalue weighted by atomic mass is 10.2. The van der Waals surface area contributed by atoms with Gasteiger partial charge in [0.2, 0.25) is 10.0 Å². The molecule has 2 aromatic rings. The van der Waals surface area contributed by atoms with E-state index in [4.69, 9.17) is 5.14 Å². The fraction of sp³-hybridized carbons (Fsp3) is 0.214. The Morgan fingerprint density at radius 2 is 1.95 bits per heavy atom. The molecule has 0 saturated heterocycles. The van der Waals surface area contributed by atoms with Gasteiger partial charge in [-0.15, -0.1) is 11.3 Å². The molecule has 118 valence electrons. The Kier molecular flexibility index (Phi) is 5.28. The number of nitrogens with one attached hydrogen (secondary N) is 1. The Morgan fingerprint density at radius 1 is 1.23 bits per heavy atom. The second-order valence-electron chi connectivity index (χ2n) is 4.62. The van der Waals surface area contributed by atoms with Gasteiger partial charge in [-0.1, -0.05) is 18.2 Å². The maximum atomic E-state index is 13.7. The van der Waals surface area contributed by atoms with Crippen molar-refractivity contribution in [3.63, 3.8) is 0 Å². The SMILES string of the molecule is NS(=O)(=O)CCCNC(=O)c1ccc(-c2ccccc2F)s1. The lowest BCUT2D eigenvalue weighted by Gasteiger charge is -2.02. The van der Waals surface area contributed by atoms with E-state index in [1.54, 1.807) is 30.3 Å². The molecule has 1 amide bonds. The van der Waals surface area contributed by atoms with E-state index in [-0.39, 0.29) is 30.4 Å². The number of benzene rings is 1. The molecular formula is C14H15FN2O3S2. The lowest BCUT2D eigenvalue weighted by molar-refractivity contribution is 0.0957. The van der Waals surface area contributed by atoms with Crippen LogP contribution in [0, 0.1) is 5.82 Å². The number of sulfonamides is 1. The van der Waals surface area contributed by atoms with Crippen molar-refractivity contribution in [2.75, 3.05) is 12.3 Å². The number of carbonyl (C=O) groups excluding carboxylic acids is 1. The van der Waals surface area contributed by atoms with Crippen molar-refractivity contribution in [3.8, 4) is 10.4 Å². The minimum Gasteiger partial charge on any atom is -0.351 e. The van der Waals surface area contributed by atoms with Crippen molar-refractivity contribution in [1.29, 1.82) is 0 Å². The Hall–Kier alpha value is -1.77. The summed E-state index contributed by atoms with van der Waals surface area (Å²) in [4.78, 5) is 13.0. The highest BCUT2D eigenvalue weighted by Gasteiger charge is 2.12. The quantitative estimate of drug-likeness (QED) is 0.787. The van der Waals surface area contributed by atoms with Crippen LogP contribution in [0.4, 0.5) is 4.39 Å². The fourth-order valence-electron chi connectivity index (χ4n) is 1.83. The number of primary sulfonamides is 1. The van der Waals surface area contributed by atoms with Crippen LogP contribution in [0.15, 0.2) is 36.4 Å². The smallest absolute Gasteiger partial charge is 0.261 e. The molecular weight excluding hydrogens is 327 g/mol. The topological polar surface area (TPSA) is 89.3 Å². The molecule has 0 unspecified atom stereocenters. The summed E-state index contributed by atoms with van der Waals surface area (Å²) in [7, 11) is -3.51. The maximum Gasteiger partial charge on any atom is 0.261 e. The van der Waals surface area contributed by atoms with Gasteiger partial charge in [0.1, 0.15) is 5.82 Å². The molecule has 0 aliphatic carbocycles. The van der Waals surface area contributed by atoms with Crippen molar-refractivity contribution in [3.05, 3.63) is 47.1 Å². The molecule has 1 aromatic carbocycles. The molecule has 2 rings (SSSR count). The van der Waals surface area contributed by atoms with Crippen LogP contribution in [-0.4, -0.2) is 26.6 Å². The third-order valence-electron chi connectivity index (χ3n) is 2.86. The van der Waals surface area contributed by atoms with E-state index in [2.05, 4.69) is 5.32 Å². The highest BCUT2D eigenvalue weighted by atomic mass is 32.2. The number of hydrogen-bond acceptors (Lipinski definition) is 4. The number of nitrogens with two attached hydrogens (primary N) is 1. The van der Waals surface area contributed by atoms with E-state index in [1.165, 1.54) is 17.4 Å². The standard InChI is InChI=1S/C14H15FN2O3S2/c15-11-5-2-1-4-10(11)12-6-7-13(21-12)14(18)17-8-3-9-22(16,19)20/h1-2,4-7H,3,8-9H2,(H,17,18)(H2,16,19,20). The van der Waals surface area contributed by atoms with Gasteiger partial charge in [0.25, 0.3) is 5.91 Å². The van der Waals surface area contributed by atoms with Gasteiger partial charge >= 0.3 is 0 Å². The molecule has 5 nitrogen and oxygen atoms in total. The Bertz CT molecular complexity index is 772. The molecule has 0 fully saturated rings. The first-order valence-corrected chi connectivity index (χ1v) is 9.03. The first-order valence-electron chi connectivity index (χ1n) is 6.50. The number of thiophene rings is 1. The van der Waals surface area contributed by atoms with E-state index < -0.39 is 10.0 Å². The van der Waals surface area contributed by atoms with E-state index in [1.807, 2.05) is 0 Å². The zero-order chi connectivity index (χ0) is 16.2. The van der Waals surface area contributed by atoms with E-state index in [0.29, 0.717) is 15.3 Å². The highest BCUT2D eigenvalue weighted by Crippen LogP contribution is 2.29. The van der Waals surface area contributed by atoms with Crippen LogP contribution in [0.1, 0.15) is 16.1 Å². The molecule has 1 aromatic heterocycles. The van der Waals surface area contributed by atoms with E-state index in [9.17, 15) is 17.6 Å². The summed E-state index contributed by atoms with van der Waals surface area (Å²) in [6.07, 6.45) is 0.246. The van der Waals surface area contributed by atoms with Crippen molar-refractivity contribution in [2.24, 2.45) is 5.14 Å². The van der Waals surface area contributed by atoms with Gasteiger partial charge in [-0.2, -0.15) is 0 Å².